The SMILES string of the molecule is CCCCCCCCC1(CCCCCCCC)c2ccccc2-c2cc3c(cc21)-c1ccc(-c2cccc4nsnc24)cc1C3(CCCCCCCC)CCCCCCCC. The number of hydrogen-bond donors (Lipinski definition) is 0. The van der Waals surface area contributed by atoms with Crippen molar-refractivity contribution in [3.05, 3.63) is 95.1 Å². The summed E-state index contributed by atoms with van der Waals surface area (Å²) in [6.45, 7) is 9.37. The maximum absolute atomic E-state index is 4.83. The van der Waals surface area contributed by atoms with E-state index in [-0.39, 0.29) is 10.8 Å². The Balaban J connectivity index is 1.35. The molecule has 0 atom stereocenters. The summed E-state index contributed by atoms with van der Waals surface area (Å²) in [5.41, 5.74) is 17.4. The lowest BCUT2D eigenvalue weighted by Gasteiger charge is -2.35. The molecule has 1 heterocycles. The zero-order valence-corrected chi connectivity index (χ0v) is 39.8. The molecule has 0 spiro atoms. The van der Waals surface area contributed by atoms with Crippen LogP contribution in [-0.2, 0) is 10.8 Å². The molecule has 0 unspecified atom stereocenters. The van der Waals surface area contributed by atoms with Gasteiger partial charge in [0, 0.05) is 16.4 Å². The van der Waals surface area contributed by atoms with Gasteiger partial charge in [-0.15, -0.1) is 0 Å². The van der Waals surface area contributed by atoms with E-state index in [0.717, 1.165) is 11.0 Å². The normalized spacial score (nSPS) is 14.4. The molecule has 2 aliphatic carbocycles. The van der Waals surface area contributed by atoms with Crippen molar-refractivity contribution in [1.82, 2.24) is 8.75 Å². The summed E-state index contributed by atoms with van der Waals surface area (Å²) in [6.07, 6.45) is 37.3. The molecule has 0 fully saturated rings. The summed E-state index contributed by atoms with van der Waals surface area (Å²) in [4.78, 5) is 0. The average molecular weight is 837 g/mol. The van der Waals surface area contributed by atoms with E-state index in [4.69, 9.17) is 4.37 Å². The number of aromatic nitrogens is 2. The van der Waals surface area contributed by atoms with Crippen LogP contribution in [0.2, 0.25) is 0 Å². The first-order valence-corrected chi connectivity index (χ1v) is 26.5. The van der Waals surface area contributed by atoms with Crippen molar-refractivity contribution in [3.8, 4) is 33.4 Å². The van der Waals surface area contributed by atoms with Gasteiger partial charge < -0.3 is 0 Å². The first-order valence-electron chi connectivity index (χ1n) is 25.8. The monoisotopic (exact) mass is 837 g/mol. The van der Waals surface area contributed by atoms with Crippen molar-refractivity contribution < 1.29 is 0 Å². The lowest BCUT2D eigenvalue weighted by Crippen LogP contribution is -2.27. The molecule has 0 amide bonds. The van der Waals surface area contributed by atoms with Crippen molar-refractivity contribution in [2.45, 2.75) is 218 Å². The Morgan fingerprint density at radius 1 is 0.361 bits per heavy atom. The van der Waals surface area contributed by atoms with Gasteiger partial charge in [-0.2, -0.15) is 8.75 Å². The number of hydrogen-bond acceptors (Lipinski definition) is 3. The highest BCUT2D eigenvalue weighted by molar-refractivity contribution is 7.00. The Morgan fingerprint density at radius 3 is 1.31 bits per heavy atom. The fourth-order valence-corrected chi connectivity index (χ4v) is 12.3. The molecule has 1 aromatic heterocycles. The van der Waals surface area contributed by atoms with Gasteiger partial charge in [-0.3, -0.25) is 0 Å². The highest BCUT2D eigenvalue weighted by Gasteiger charge is 2.47. The van der Waals surface area contributed by atoms with Crippen LogP contribution < -0.4 is 0 Å². The molecule has 0 saturated carbocycles. The van der Waals surface area contributed by atoms with Gasteiger partial charge in [0.2, 0.25) is 0 Å². The fourth-order valence-electron chi connectivity index (χ4n) is 11.8. The predicted molar refractivity (Wildman–Crippen MR) is 267 cm³/mol. The first-order chi connectivity index (χ1) is 30.1. The zero-order valence-electron chi connectivity index (χ0n) is 39.0. The van der Waals surface area contributed by atoms with E-state index >= 15 is 0 Å². The summed E-state index contributed by atoms with van der Waals surface area (Å²) in [5.74, 6) is 0. The number of nitrogens with zero attached hydrogens (tertiary/aromatic N) is 2. The van der Waals surface area contributed by atoms with E-state index in [1.807, 2.05) is 0 Å². The number of rotatable bonds is 29. The van der Waals surface area contributed by atoms with E-state index in [1.165, 1.54) is 214 Å². The second-order valence-corrected chi connectivity index (χ2v) is 20.0. The molecule has 7 rings (SSSR count). The summed E-state index contributed by atoms with van der Waals surface area (Å²) in [6, 6.07) is 29.5. The van der Waals surface area contributed by atoms with E-state index < -0.39 is 0 Å². The molecule has 328 valence electrons. The van der Waals surface area contributed by atoms with Crippen LogP contribution in [0.1, 0.15) is 230 Å². The molecule has 0 saturated heterocycles. The summed E-state index contributed by atoms with van der Waals surface area (Å²) in [5, 5.41) is 0. The molecule has 61 heavy (non-hydrogen) atoms. The maximum atomic E-state index is 4.83. The van der Waals surface area contributed by atoms with Gasteiger partial charge >= 0.3 is 0 Å². The van der Waals surface area contributed by atoms with E-state index in [0.29, 0.717) is 0 Å². The highest BCUT2D eigenvalue weighted by atomic mass is 32.1. The number of unbranched alkanes of at least 4 members (excludes halogenated alkanes) is 20. The second kappa shape index (κ2) is 22.9. The van der Waals surface area contributed by atoms with Gasteiger partial charge in [-0.25, -0.2) is 0 Å². The lowest BCUT2D eigenvalue weighted by atomic mass is 9.68. The molecule has 0 N–H and O–H groups in total. The zero-order chi connectivity index (χ0) is 42.3. The minimum Gasteiger partial charge on any atom is -0.173 e. The van der Waals surface area contributed by atoms with Crippen LogP contribution in [0, 0.1) is 0 Å². The van der Waals surface area contributed by atoms with Gasteiger partial charge in [-0.1, -0.05) is 230 Å². The molecule has 0 bridgehead atoms. The van der Waals surface area contributed by atoms with Crippen molar-refractivity contribution in [2.24, 2.45) is 0 Å². The van der Waals surface area contributed by atoms with Crippen molar-refractivity contribution in [2.75, 3.05) is 0 Å². The van der Waals surface area contributed by atoms with Crippen LogP contribution in [-0.4, -0.2) is 8.75 Å². The average Bonchev–Trinajstić information content (AvgIpc) is 3.95. The van der Waals surface area contributed by atoms with Gasteiger partial charge in [0.1, 0.15) is 11.0 Å². The third-order valence-corrected chi connectivity index (χ3v) is 15.7. The van der Waals surface area contributed by atoms with Crippen LogP contribution in [0.3, 0.4) is 0 Å². The van der Waals surface area contributed by atoms with Crippen molar-refractivity contribution >= 4 is 22.8 Å². The standard InChI is InChI=1S/C58H80N2S/c1-5-9-13-17-21-27-38-57(39-28-22-18-14-10-6-2)51-34-26-25-32-47(51)49-43-54-50(44-53(49)57)48-37-36-45(46-33-31-35-55-56(46)60-61-59-55)42-52(48)58(54,40-29-23-19-15-11-7-3)41-30-24-20-16-12-8-4/h25-26,31-37,42-44H,5-24,27-30,38-41H2,1-4H3. The molecular weight excluding hydrogens is 757 g/mol. The Labute approximate surface area is 376 Å². The predicted octanol–water partition coefficient (Wildman–Crippen LogP) is 18.9. The largest absolute Gasteiger partial charge is 0.173 e. The molecule has 4 aromatic carbocycles. The van der Waals surface area contributed by atoms with Gasteiger partial charge in [0.25, 0.3) is 0 Å². The minimum atomic E-state index is 0.0121. The number of fused-ring (bicyclic) bond motifs is 7. The quantitative estimate of drug-likeness (QED) is 0.0449. The molecule has 3 heteroatoms. The van der Waals surface area contributed by atoms with Crippen LogP contribution in [0.5, 0.6) is 0 Å². The summed E-state index contributed by atoms with van der Waals surface area (Å²) < 4.78 is 9.49. The summed E-state index contributed by atoms with van der Waals surface area (Å²) in [7, 11) is 0. The van der Waals surface area contributed by atoms with Crippen molar-refractivity contribution in [3.63, 3.8) is 0 Å². The topological polar surface area (TPSA) is 25.8 Å². The molecule has 2 aliphatic rings. The van der Waals surface area contributed by atoms with Crippen LogP contribution in [0.4, 0.5) is 0 Å². The lowest BCUT2D eigenvalue weighted by molar-refractivity contribution is 0.394. The van der Waals surface area contributed by atoms with Crippen molar-refractivity contribution in [1.29, 1.82) is 0 Å². The third kappa shape index (κ3) is 10.2. The first kappa shape index (κ1) is 45.7. The second-order valence-electron chi connectivity index (χ2n) is 19.4. The molecular formula is C58H80N2S. The Bertz CT molecular complexity index is 2070. The minimum absolute atomic E-state index is 0.0121. The fraction of sp³-hybridized carbons (Fsp3) is 0.586. The highest BCUT2D eigenvalue weighted by Crippen LogP contribution is 2.61. The van der Waals surface area contributed by atoms with Gasteiger partial charge in [-0.05, 0) is 100 Å². The number of benzene rings is 4. The Kier molecular flexibility index (Phi) is 17.1. The van der Waals surface area contributed by atoms with Crippen LogP contribution in [0.25, 0.3) is 44.4 Å². The smallest absolute Gasteiger partial charge is 0.112 e. The van der Waals surface area contributed by atoms with Crippen LogP contribution in [0.15, 0.2) is 72.8 Å². The molecule has 2 nitrogen and oxygen atoms in total. The Morgan fingerprint density at radius 2 is 0.787 bits per heavy atom. The third-order valence-electron chi connectivity index (χ3n) is 15.2. The maximum Gasteiger partial charge on any atom is 0.112 e. The molecule has 0 aliphatic heterocycles. The van der Waals surface area contributed by atoms with Crippen LogP contribution >= 0.6 is 11.7 Å². The molecule has 0 radical (unpaired) electrons. The van der Waals surface area contributed by atoms with Gasteiger partial charge in [0.05, 0.1) is 11.7 Å². The van der Waals surface area contributed by atoms with E-state index in [2.05, 4.69) is 105 Å². The Hall–Kier alpha value is -3.30. The van der Waals surface area contributed by atoms with E-state index in [1.54, 1.807) is 33.4 Å². The summed E-state index contributed by atoms with van der Waals surface area (Å²) >= 11 is 1.34. The van der Waals surface area contributed by atoms with E-state index in [9.17, 15) is 0 Å². The molecule has 5 aromatic rings. The van der Waals surface area contributed by atoms with Gasteiger partial charge in [0.15, 0.2) is 0 Å².